The van der Waals surface area contributed by atoms with Crippen molar-refractivity contribution in [1.82, 2.24) is 4.98 Å². The number of nitrogens with zero attached hydrogens (tertiary/aromatic N) is 1. The quantitative estimate of drug-likeness (QED) is 0.346. The number of aromatic amines is 1. The molecule has 0 saturated carbocycles. The van der Waals surface area contributed by atoms with Gasteiger partial charge in [-0.25, -0.2) is 4.79 Å². The number of H-pyrrole nitrogens is 1. The van der Waals surface area contributed by atoms with Crippen molar-refractivity contribution < 1.29 is 19.2 Å². The van der Waals surface area contributed by atoms with Crippen LogP contribution in [0.1, 0.15) is 27.9 Å². The molecule has 1 heterocycles. The van der Waals surface area contributed by atoms with Gasteiger partial charge >= 0.3 is 11.7 Å². The van der Waals surface area contributed by atoms with Gasteiger partial charge in [-0.2, -0.15) is 0 Å². The number of nitro groups is 1. The van der Waals surface area contributed by atoms with Crippen LogP contribution in [0.25, 0.3) is 0 Å². The van der Waals surface area contributed by atoms with E-state index in [4.69, 9.17) is 0 Å². The number of rotatable bonds is 4. The molecule has 0 saturated heterocycles. The fourth-order valence-corrected chi connectivity index (χ4v) is 1.03. The summed E-state index contributed by atoms with van der Waals surface area (Å²) in [6, 6.07) is 0.985. The molecule has 1 rings (SSSR count). The van der Waals surface area contributed by atoms with Crippen LogP contribution in [-0.2, 0) is 4.74 Å². The number of aldehydes is 1. The molecule has 0 unspecified atom stereocenters. The summed E-state index contributed by atoms with van der Waals surface area (Å²) in [5.74, 6) is -0.850. The summed E-state index contributed by atoms with van der Waals surface area (Å²) < 4.78 is 4.59. The SMILES string of the molecule is CCOC(=O)c1[nH]c(C=O)cc1[N+](=O)[O-]. The van der Waals surface area contributed by atoms with Crippen molar-refractivity contribution in [2.24, 2.45) is 0 Å². The highest BCUT2D eigenvalue weighted by Crippen LogP contribution is 2.19. The van der Waals surface area contributed by atoms with Gasteiger partial charge < -0.3 is 9.72 Å². The van der Waals surface area contributed by atoms with Crippen molar-refractivity contribution in [2.75, 3.05) is 6.61 Å². The number of carbonyl (C=O) groups is 2. The second-order valence-electron chi connectivity index (χ2n) is 2.58. The highest BCUT2D eigenvalue weighted by Gasteiger charge is 2.24. The largest absolute Gasteiger partial charge is 0.461 e. The van der Waals surface area contributed by atoms with Crippen molar-refractivity contribution in [1.29, 1.82) is 0 Å². The molecule has 15 heavy (non-hydrogen) atoms. The van der Waals surface area contributed by atoms with E-state index >= 15 is 0 Å². The molecule has 0 aromatic carbocycles. The molecule has 0 spiro atoms. The maximum absolute atomic E-state index is 11.2. The first-order chi connectivity index (χ1) is 7.10. The van der Waals surface area contributed by atoms with Crippen LogP contribution in [0.15, 0.2) is 6.07 Å². The third-order valence-corrected chi connectivity index (χ3v) is 1.62. The Morgan fingerprint density at radius 1 is 1.73 bits per heavy atom. The van der Waals surface area contributed by atoms with Gasteiger partial charge in [0.05, 0.1) is 17.2 Å². The first kappa shape index (κ1) is 10.9. The van der Waals surface area contributed by atoms with Gasteiger partial charge in [-0.3, -0.25) is 14.9 Å². The zero-order valence-electron chi connectivity index (χ0n) is 7.85. The molecule has 0 bridgehead atoms. The van der Waals surface area contributed by atoms with Crippen LogP contribution in [0.4, 0.5) is 5.69 Å². The van der Waals surface area contributed by atoms with Crippen LogP contribution in [0.3, 0.4) is 0 Å². The standard InChI is InChI=1S/C8H8N2O5/c1-2-15-8(12)7-6(10(13)14)3-5(4-11)9-7/h3-4,9H,2H2,1H3. The van der Waals surface area contributed by atoms with Crippen molar-refractivity contribution in [3.8, 4) is 0 Å². The third-order valence-electron chi connectivity index (χ3n) is 1.62. The van der Waals surface area contributed by atoms with Crippen LogP contribution in [0.5, 0.6) is 0 Å². The van der Waals surface area contributed by atoms with E-state index in [1.165, 1.54) is 0 Å². The summed E-state index contributed by atoms with van der Waals surface area (Å²) in [6.07, 6.45) is 0.385. The normalized spacial score (nSPS) is 9.67. The minimum absolute atomic E-state index is 0.0373. The van der Waals surface area contributed by atoms with E-state index in [0.717, 1.165) is 6.07 Å². The number of carbonyl (C=O) groups excluding carboxylic acids is 2. The predicted octanol–water partition coefficient (Wildman–Crippen LogP) is 0.912. The van der Waals surface area contributed by atoms with Crippen LogP contribution in [-0.4, -0.2) is 28.8 Å². The highest BCUT2D eigenvalue weighted by atomic mass is 16.6. The Labute approximate surface area is 84.2 Å². The fourth-order valence-electron chi connectivity index (χ4n) is 1.03. The van der Waals surface area contributed by atoms with Crippen LogP contribution < -0.4 is 0 Å². The molecule has 0 fully saturated rings. The van der Waals surface area contributed by atoms with Gasteiger partial charge in [0.15, 0.2) is 6.29 Å². The van der Waals surface area contributed by atoms with E-state index in [2.05, 4.69) is 9.72 Å². The Bertz CT molecular complexity index is 409. The lowest BCUT2D eigenvalue weighted by Gasteiger charge is -1.97. The number of aromatic nitrogens is 1. The molecule has 0 aliphatic heterocycles. The van der Waals surface area contributed by atoms with E-state index < -0.39 is 16.6 Å². The number of nitrogens with one attached hydrogen (secondary N) is 1. The molecule has 1 N–H and O–H groups in total. The lowest BCUT2D eigenvalue weighted by atomic mass is 10.3. The molecule has 1 aromatic heterocycles. The van der Waals surface area contributed by atoms with Crippen molar-refractivity contribution in [2.45, 2.75) is 6.92 Å². The van der Waals surface area contributed by atoms with Crippen LogP contribution >= 0.6 is 0 Å². The fraction of sp³-hybridized carbons (Fsp3) is 0.250. The van der Waals surface area contributed by atoms with Crippen LogP contribution in [0.2, 0.25) is 0 Å². The predicted molar refractivity (Wildman–Crippen MR) is 48.8 cm³/mol. The van der Waals surface area contributed by atoms with Crippen molar-refractivity contribution >= 4 is 17.9 Å². The molecule has 0 aliphatic rings. The Balaban J connectivity index is 3.14. The highest BCUT2D eigenvalue weighted by molar-refractivity contribution is 5.94. The summed E-state index contributed by atoms with van der Waals surface area (Å²) in [5, 5.41) is 10.5. The number of esters is 1. The molecule has 7 heteroatoms. The first-order valence-electron chi connectivity index (χ1n) is 4.09. The van der Waals surface area contributed by atoms with Gasteiger partial charge in [0.1, 0.15) is 0 Å². The van der Waals surface area contributed by atoms with Gasteiger partial charge in [-0.05, 0) is 6.92 Å². The molecule has 0 radical (unpaired) electrons. The minimum Gasteiger partial charge on any atom is -0.461 e. The Hall–Kier alpha value is -2.18. The first-order valence-corrected chi connectivity index (χ1v) is 4.09. The zero-order chi connectivity index (χ0) is 11.4. The number of ether oxygens (including phenoxy) is 1. The number of hydrogen-bond donors (Lipinski definition) is 1. The van der Waals surface area contributed by atoms with Gasteiger partial charge in [0.25, 0.3) is 0 Å². The summed E-state index contributed by atoms with van der Waals surface area (Å²) >= 11 is 0. The summed E-state index contributed by atoms with van der Waals surface area (Å²) in [7, 11) is 0. The third kappa shape index (κ3) is 2.19. The number of hydrogen-bond acceptors (Lipinski definition) is 5. The summed E-state index contributed by atoms with van der Waals surface area (Å²) in [5.41, 5.74) is -0.816. The van der Waals surface area contributed by atoms with Gasteiger partial charge in [0, 0.05) is 6.07 Å². The molecular formula is C8H8N2O5. The van der Waals surface area contributed by atoms with Gasteiger partial charge in [-0.1, -0.05) is 0 Å². The summed E-state index contributed by atoms with van der Waals surface area (Å²) in [6.45, 7) is 1.68. The van der Waals surface area contributed by atoms with E-state index in [9.17, 15) is 19.7 Å². The van der Waals surface area contributed by atoms with Crippen molar-refractivity contribution in [3.05, 3.63) is 27.6 Å². The summed E-state index contributed by atoms with van der Waals surface area (Å²) in [4.78, 5) is 33.7. The van der Waals surface area contributed by atoms with Crippen molar-refractivity contribution in [3.63, 3.8) is 0 Å². The molecule has 1 aromatic rings. The molecule has 0 aliphatic carbocycles. The molecule has 7 nitrogen and oxygen atoms in total. The average Bonchev–Trinajstić information content (AvgIpc) is 2.61. The smallest absolute Gasteiger partial charge is 0.361 e. The molecule has 0 atom stereocenters. The van der Waals surface area contributed by atoms with Gasteiger partial charge in [0.2, 0.25) is 5.69 Å². The van der Waals surface area contributed by atoms with Gasteiger partial charge in [-0.15, -0.1) is 0 Å². The molecule has 0 amide bonds. The zero-order valence-corrected chi connectivity index (χ0v) is 7.85. The lowest BCUT2D eigenvalue weighted by molar-refractivity contribution is -0.385. The maximum Gasteiger partial charge on any atom is 0.361 e. The van der Waals surface area contributed by atoms with E-state index in [1.54, 1.807) is 6.92 Å². The second kappa shape index (κ2) is 4.36. The monoisotopic (exact) mass is 212 g/mol. The minimum atomic E-state index is -0.850. The Kier molecular flexibility index (Phi) is 3.17. The lowest BCUT2D eigenvalue weighted by Crippen LogP contribution is -2.07. The Morgan fingerprint density at radius 3 is 2.87 bits per heavy atom. The molecule has 80 valence electrons. The Morgan fingerprint density at radius 2 is 2.40 bits per heavy atom. The molecular weight excluding hydrogens is 204 g/mol. The second-order valence-corrected chi connectivity index (χ2v) is 2.58. The maximum atomic E-state index is 11.2. The average molecular weight is 212 g/mol. The van der Waals surface area contributed by atoms with E-state index in [1.807, 2.05) is 0 Å². The van der Waals surface area contributed by atoms with Crippen LogP contribution in [0, 0.1) is 10.1 Å². The topological polar surface area (TPSA) is 102 Å². The van der Waals surface area contributed by atoms with E-state index in [-0.39, 0.29) is 18.0 Å². The van der Waals surface area contributed by atoms with E-state index in [0.29, 0.717) is 6.29 Å².